The fourth-order valence-corrected chi connectivity index (χ4v) is 2.59. The molecule has 1 aromatic carbocycles. The van der Waals surface area contributed by atoms with Crippen LogP contribution in [0.1, 0.15) is 26.3 Å². The van der Waals surface area contributed by atoms with Crippen LogP contribution in [0.15, 0.2) is 35.6 Å². The Balaban J connectivity index is 2.60. The number of hydrogen-bond donors (Lipinski definition) is 1. The van der Waals surface area contributed by atoms with Crippen LogP contribution in [0.3, 0.4) is 0 Å². The normalized spacial score (nSPS) is 13.8. The van der Waals surface area contributed by atoms with Crippen LogP contribution in [-0.2, 0) is 0 Å². The molecule has 0 radical (unpaired) electrons. The molecular weight excluding hydrogens is 290 g/mol. The summed E-state index contributed by atoms with van der Waals surface area (Å²) in [6.45, 7) is 7.51. The van der Waals surface area contributed by atoms with Crippen molar-refractivity contribution >= 4 is 11.3 Å². The van der Waals surface area contributed by atoms with Gasteiger partial charge in [-0.25, -0.2) is 0 Å². The maximum Gasteiger partial charge on any atom is 0.172 e. The zero-order valence-corrected chi connectivity index (χ0v) is 13.5. The summed E-state index contributed by atoms with van der Waals surface area (Å²) in [5.74, 6) is 0.723. The molecule has 0 saturated carbocycles. The maximum atomic E-state index is 10.0. The molecule has 0 aliphatic carbocycles. The molecule has 0 saturated heterocycles. The number of benzene rings is 1. The number of allylic oxidation sites excluding steroid dienone is 2. The molecule has 1 aliphatic rings. The SMILES string of the molecule is CCN(CC)c1ccc2c(c1)OC(=C(C#N)C#N)C=C2C(C)O. The number of nitriles is 2. The lowest BCUT2D eigenvalue weighted by Crippen LogP contribution is -2.22. The van der Waals surface area contributed by atoms with Crippen LogP contribution in [0, 0.1) is 22.7 Å². The van der Waals surface area contributed by atoms with Gasteiger partial charge in [-0.2, -0.15) is 10.5 Å². The number of fused-ring (bicyclic) bond motifs is 1. The highest BCUT2D eigenvalue weighted by molar-refractivity contribution is 5.79. The number of nitrogens with zero attached hydrogens (tertiary/aromatic N) is 3. The van der Waals surface area contributed by atoms with E-state index < -0.39 is 6.10 Å². The zero-order valence-electron chi connectivity index (χ0n) is 13.5. The highest BCUT2D eigenvalue weighted by atomic mass is 16.5. The lowest BCUT2D eigenvalue weighted by molar-refractivity contribution is 0.251. The van der Waals surface area contributed by atoms with Crippen molar-refractivity contribution in [3.63, 3.8) is 0 Å². The molecule has 5 nitrogen and oxygen atoms in total. The summed E-state index contributed by atoms with van der Waals surface area (Å²) in [6, 6.07) is 9.42. The van der Waals surface area contributed by atoms with Gasteiger partial charge in [-0.05, 0) is 44.6 Å². The third kappa shape index (κ3) is 3.21. The van der Waals surface area contributed by atoms with Crippen LogP contribution < -0.4 is 9.64 Å². The second-order valence-electron chi connectivity index (χ2n) is 5.19. The van der Waals surface area contributed by atoms with E-state index in [0.717, 1.165) is 24.3 Å². The van der Waals surface area contributed by atoms with E-state index in [1.807, 2.05) is 30.3 Å². The third-order valence-corrected chi connectivity index (χ3v) is 3.83. The summed E-state index contributed by atoms with van der Waals surface area (Å²) in [5.41, 5.74) is 2.29. The van der Waals surface area contributed by atoms with Crippen LogP contribution >= 0.6 is 0 Å². The molecule has 2 rings (SSSR count). The van der Waals surface area contributed by atoms with Gasteiger partial charge in [-0.1, -0.05) is 0 Å². The zero-order chi connectivity index (χ0) is 17.0. The van der Waals surface area contributed by atoms with Gasteiger partial charge >= 0.3 is 0 Å². The van der Waals surface area contributed by atoms with Gasteiger partial charge in [-0.15, -0.1) is 0 Å². The van der Waals surface area contributed by atoms with Gasteiger partial charge in [0, 0.05) is 30.4 Å². The molecule has 23 heavy (non-hydrogen) atoms. The molecule has 1 aliphatic heterocycles. The van der Waals surface area contributed by atoms with E-state index in [-0.39, 0.29) is 11.3 Å². The van der Waals surface area contributed by atoms with Gasteiger partial charge in [-0.3, -0.25) is 0 Å². The Hall–Kier alpha value is -2.76. The largest absolute Gasteiger partial charge is 0.454 e. The van der Waals surface area contributed by atoms with Gasteiger partial charge < -0.3 is 14.7 Å². The highest BCUT2D eigenvalue weighted by Crippen LogP contribution is 2.38. The predicted octanol–water partition coefficient (Wildman–Crippen LogP) is 2.99. The summed E-state index contributed by atoms with van der Waals surface area (Å²) < 4.78 is 5.76. The number of rotatable bonds is 4. The van der Waals surface area contributed by atoms with E-state index in [1.165, 1.54) is 0 Å². The smallest absolute Gasteiger partial charge is 0.172 e. The number of aliphatic hydroxyl groups is 1. The van der Waals surface area contributed by atoms with E-state index in [9.17, 15) is 5.11 Å². The van der Waals surface area contributed by atoms with Crippen LogP contribution in [0.2, 0.25) is 0 Å². The van der Waals surface area contributed by atoms with Crippen LogP contribution in [0.4, 0.5) is 5.69 Å². The van der Waals surface area contributed by atoms with E-state index >= 15 is 0 Å². The molecular formula is C18H19N3O2. The first-order chi connectivity index (χ1) is 11.0. The Morgan fingerprint density at radius 3 is 2.43 bits per heavy atom. The fraction of sp³-hybridized carbons (Fsp3) is 0.333. The van der Waals surface area contributed by atoms with Crippen molar-refractivity contribution in [2.24, 2.45) is 0 Å². The Morgan fingerprint density at radius 2 is 1.91 bits per heavy atom. The van der Waals surface area contributed by atoms with Gasteiger partial charge in [0.05, 0.1) is 6.10 Å². The van der Waals surface area contributed by atoms with Crippen molar-refractivity contribution < 1.29 is 9.84 Å². The van der Waals surface area contributed by atoms with Gasteiger partial charge in [0.15, 0.2) is 11.3 Å². The summed E-state index contributed by atoms with van der Waals surface area (Å²) in [6.07, 6.45) is 0.830. The van der Waals surface area contributed by atoms with E-state index in [1.54, 1.807) is 13.0 Å². The molecule has 0 aromatic heterocycles. The summed E-state index contributed by atoms with van der Waals surface area (Å²) in [7, 11) is 0. The van der Waals surface area contributed by atoms with E-state index in [4.69, 9.17) is 15.3 Å². The molecule has 0 bridgehead atoms. The second-order valence-corrected chi connectivity index (χ2v) is 5.19. The third-order valence-electron chi connectivity index (χ3n) is 3.83. The molecule has 118 valence electrons. The minimum atomic E-state index is -0.731. The van der Waals surface area contributed by atoms with Gasteiger partial charge in [0.1, 0.15) is 17.9 Å². The van der Waals surface area contributed by atoms with Crippen LogP contribution in [0.25, 0.3) is 5.57 Å². The predicted molar refractivity (Wildman–Crippen MR) is 88.5 cm³/mol. The van der Waals surface area contributed by atoms with E-state index in [0.29, 0.717) is 11.3 Å². The first kappa shape index (κ1) is 16.6. The van der Waals surface area contributed by atoms with Crippen LogP contribution in [-0.4, -0.2) is 24.3 Å². The minimum Gasteiger partial charge on any atom is -0.454 e. The average molecular weight is 309 g/mol. The van der Waals surface area contributed by atoms with Crippen molar-refractivity contribution in [1.82, 2.24) is 0 Å². The van der Waals surface area contributed by atoms with Crippen molar-refractivity contribution in [2.45, 2.75) is 26.9 Å². The molecule has 1 heterocycles. The molecule has 1 atom stereocenters. The molecule has 0 amide bonds. The summed E-state index contributed by atoms with van der Waals surface area (Å²) in [5, 5.41) is 28.1. The quantitative estimate of drug-likeness (QED) is 0.865. The molecule has 0 fully saturated rings. The Kier molecular flexibility index (Phi) is 5.05. The highest BCUT2D eigenvalue weighted by Gasteiger charge is 2.23. The van der Waals surface area contributed by atoms with Gasteiger partial charge in [0.2, 0.25) is 0 Å². The first-order valence-electron chi connectivity index (χ1n) is 7.57. The lowest BCUT2D eigenvalue weighted by Gasteiger charge is -2.26. The van der Waals surface area contributed by atoms with Gasteiger partial charge in [0.25, 0.3) is 0 Å². The topological polar surface area (TPSA) is 80.3 Å². The first-order valence-corrected chi connectivity index (χ1v) is 7.57. The minimum absolute atomic E-state index is 0.109. The fourth-order valence-electron chi connectivity index (χ4n) is 2.59. The van der Waals surface area contributed by atoms with Crippen LogP contribution in [0.5, 0.6) is 5.75 Å². The monoisotopic (exact) mass is 309 g/mol. The Morgan fingerprint density at radius 1 is 1.26 bits per heavy atom. The number of hydrogen-bond acceptors (Lipinski definition) is 5. The van der Waals surface area contributed by atoms with Crippen molar-refractivity contribution in [2.75, 3.05) is 18.0 Å². The molecule has 1 unspecified atom stereocenters. The average Bonchev–Trinajstić information content (AvgIpc) is 2.56. The second kappa shape index (κ2) is 7.00. The number of anilines is 1. The standard InChI is InChI=1S/C18H19N3O2/c1-4-21(5-2)14-6-7-15-16(12(3)22)9-17(13(10-19)11-20)23-18(15)8-14/h6-9,12,22H,4-5H2,1-3H3. The van der Waals surface area contributed by atoms with Crippen molar-refractivity contribution in [3.05, 3.63) is 41.2 Å². The molecule has 0 spiro atoms. The number of ether oxygens (including phenoxy) is 1. The molecule has 1 aromatic rings. The summed E-state index contributed by atoms with van der Waals surface area (Å²) >= 11 is 0. The lowest BCUT2D eigenvalue weighted by atomic mass is 9.96. The maximum absolute atomic E-state index is 10.0. The molecule has 1 N–H and O–H groups in total. The molecule has 5 heteroatoms. The Labute approximate surface area is 136 Å². The van der Waals surface area contributed by atoms with E-state index in [2.05, 4.69) is 18.7 Å². The van der Waals surface area contributed by atoms with Crippen molar-refractivity contribution in [1.29, 1.82) is 10.5 Å². The number of aliphatic hydroxyl groups excluding tert-OH is 1. The summed E-state index contributed by atoms with van der Waals surface area (Å²) in [4.78, 5) is 2.17. The van der Waals surface area contributed by atoms with Crippen molar-refractivity contribution in [3.8, 4) is 17.9 Å². The Bertz CT molecular complexity index is 729.